The van der Waals surface area contributed by atoms with E-state index >= 15 is 0 Å². The predicted molar refractivity (Wildman–Crippen MR) is 86.4 cm³/mol. The second-order valence-corrected chi connectivity index (χ2v) is 4.98. The van der Waals surface area contributed by atoms with Crippen molar-refractivity contribution in [1.82, 2.24) is 25.0 Å². The van der Waals surface area contributed by atoms with Gasteiger partial charge in [-0.25, -0.2) is 4.68 Å². The summed E-state index contributed by atoms with van der Waals surface area (Å²) < 4.78 is 7.07. The minimum absolute atomic E-state index is 0.697. The topological polar surface area (TPSA) is 65.7 Å². The lowest BCUT2D eigenvalue weighted by Crippen LogP contribution is -1.97. The fraction of sp³-hybridized carbons (Fsp3) is 0.0588. The van der Waals surface area contributed by atoms with E-state index in [0.29, 0.717) is 11.4 Å². The summed E-state index contributed by atoms with van der Waals surface area (Å²) in [7, 11) is 1.62. The normalized spacial score (nSPS) is 10.8. The maximum atomic E-state index is 5.36. The van der Waals surface area contributed by atoms with E-state index in [1.807, 2.05) is 36.5 Å². The number of benzene rings is 1. The number of aromatic nitrogens is 5. The molecule has 0 unspecified atom stereocenters. The molecule has 6 nitrogen and oxygen atoms in total. The molecule has 23 heavy (non-hydrogen) atoms. The molecule has 0 amide bonds. The first-order chi connectivity index (χ1) is 11.4. The van der Waals surface area contributed by atoms with E-state index < -0.39 is 0 Å². The maximum absolute atomic E-state index is 5.36. The van der Waals surface area contributed by atoms with Crippen molar-refractivity contribution in [1.29, 1.82) is 0 Å². The average molecular weight is 303 g/mol. The molecule has 6 heteroatoms. The zero-order valence-electron chi connectivity index (χ0n) is 12.4. The lowest BCUT2D eigenvalue weighted by molar-refractivity contribution is 0.416. The third kappa shape index (κ3) is 2.30. The van der Waals surface area contributed by atoms with E-state index in [1.54, 1.807) is 36.4 Å². The molecular formula is C17H13N5O. The Morgan fingerprint density at radius 2 is 1.96 bits per heavy atom. The van der Waals surface area contributed by atoms with Gasteiger partial charge in [-0.1, -0.05) is 23.4 Å². The summed E-state index contributed by atoms with van der Waals surface area (Å²) in [4.78, 5) is 8.58. The summed E-state index contributed by atoms with van der Waals surface area (Å²) in [6, 6.07) is 11.7. The first-order valence-electron chi connectivity index (χ1n) is 7.11. The minimum Gasteiger partial charge on any atom is -0.496 e. The second-order valence-electron chi connectivity index (χ2n) is 4.98. The van der Waals surface area contributed by atoms with Gasteiger partial charge < -0.3 is 4.74 Å². The molecule has 0 fully saturated rings. The molecule has 0 saturated carbocycles. The van der Waals surface area contributed by atoms with Gasteiger partial charge in [0.25, 0.3) is 0 Å². The molecule has 0 aliphatic rings. The van der Waals surface area contributed by atoms with Crippen molar-refractivity contribution in [2.45, 2.75) is 0 Å². The van der Waals surface area contributed by atoms with Crippen LogP contribution in [-0.2, 0) is 0 Å². The van der Waals surface area contributed by atoms with Crippen molar-refractivity contribution in [2.24, 2.45) is 0 Å². The molecule has 0 saturated heterocycles. The summed E-state index contributed by atoms with van der Waals surface area (Å²) in [6.45, 7) is 0. The SMILES string of the molecule is COc1ccncc1-c1cn(-c2cccc3cccnc23)nn1. The summed E-state index contributed by atoms with van der Waals surface area (Å²) in [6.07, 6.45) is 7.02. The van der Waals surface area contributed by atoms with Gasteiger partial charge in [-0.2, -0.15) is 0 Å². The molecule has 0 spiro atoms. The summed E-state index contributed by atoms with van der Waals surface area (Å²) in [5, 5.41) is 9.53. The standard InChI is InChI=1S/C17H13N5O/c1-23-16-7-9-18-10-13(16)14-11-22(21-20-14)15-6-2-4-12-5-3-8-19-17(12)15/h2-11H,1H3. The Labute approximate surface area is 132 Å². The Morgan fingerprint density at radius 3 is 2.87 bits per heavy atom. The van der Waals surface area contributed by atoms with Gasteiger partial charge >= 0.3 is 0 Å². The molecule has 3 heterocycles. The van der Waals surface area contributed by atoms with Crippen LogP contribution in [0.15, 0.2) is 61.2 Å². The number of rotatable bonds is 3. The van der Waals surface area contributed by atoms with Crippen LogP contribution in [0.25, 0.3) is 27.8 Å². The molecule has 4 rings (SSSR count). The molecule has 4 aromatic rings. The Morgan fingerprint density at radius 1 is 1.04 bits per heavy atom. The van der Waals surface area contributed by atoms with Gasteiger partial charge in [0.15, 0.2) is 0 Å². The van der Waals surface area contributed by atoms with Crippen molar-refractivity contribution in [3.05, 3.63) is 61.2 Å². The first-order valence-corrected chi connectivity index (χ1v) is 7.11. The van der Waals surface area contributed by atoms with Crippen LogP contribution in [0.2, 0.25) is 0 Å². The Bertz CT molecular complexity index is 974. The molecule has 0 aliphatic carbocycles. The lowest BCUT2D eigenvalue weighted by atomic mass is 10.2. The third-order valence-corrected chi connectivity index (χ3v) is 3.63. The van der Waals surface area contributed by atoms with Crippen molar-refractivity contribution < 1.29 is 4.74 Å². The van der Waals surface area contributed by atoms with Gasteiger partial charge in [-0.15, -0.1) is 5.10 Å². The second kappa shape index (κ2) is 5.49. The van der Waals surface area contributed by atoms with E-state index in [9.17, 15) is 0 Å². The summed E-state index contributed by atoms with van der Waals surface area (Å²) in [5.74, 6) is 0.711. The van der Waals surface area contributed by atoms with Crippen molar-refractivity contribution in [2.75, 3.05) is 7.11 Å². The number of nitrogens with zero attached hydrogens (tertiary/aromatic N) is 5. The molecule has 1 aromatic carbocycles. The van der Waals surface area contributed by atoms with Crippen LogP contribution < -0.4 is 4.74 Å². The fourth-order valence-corrected chi connectivity index (χ4v) is 2.53. The van der Waals surface area contributed by atoms with E-state index in [-0.39, 0.29) is 0 Å². The maximum Gasteiger partial charge on any atom is 0.131 e. The highest BCUT2D eigenvalue weighted by molar-refractivity contribution is 5.86. The zero-order valence-corrected chi connectivity index (χ0v) is 12.4. The highest BCUT2D eigenvalue weighted by Crippen LogP contribution is 2.28. The monoisotopic (exact) mass is 303 g/mol. The number of hydrogen-bond donors (Lipinski definition) is 0. The quantitative estimate of drug-likeness (QED) is 0.582. The highest BCUT2D eigenvalue weighted by Gasteiger charge is 2.12. The van der Waals surface area contributed by atoms with Gasteiger partial charge in [-0.05, 0) is 18.2 Å². The number of para-hydroxylation sites is 1. The largest absolute Gasteiger partial charge is 0.496 e. The Balaban J connectivity index is 1.84. The van der Waals surface area contributed by atoms with Crippen molar-refractivity contribution >= 4 is 10.9 Å². The first kappa shape index (κ1) is 13.4. The van der Waals surface area contributed by atoms with Crippen LogP contribution in [0.4, 0.5) is 0 Å². The number of pyridine rings is 2. The smallest absolute Gasteiger partial charge is 0.131 e. The molecule has 0 bridgehead atoms. The molecular weight excluding hydrogens is 290 g/mol. The average Bonchev–Trinajstić information content (AvgIpc) is 3.11. The molecule has 0 N–H and O–H groups in total. The molecule has 0 aliphatic heterocycles. The highest BCUT2D eigenvalue weighted by atomic mass is 16.5. The minimum atomic E-state index is 0.697. The Hall–Kier alpha value is -3.28. The van der Waals surface area contributed by atoms with Gasteiger partial charge in [0.2, 0.25) is 0 Å². The molecule has 0 radical (unpaired) electrons. The predicted octanol–water partition coefficient (Wildman–Crippen LogP) is 2.89. The summed E-state index contributed by atoms with van der Waals surface area (Å²) >= 11 is 0. The van der Waals surface area contributed by atoms with Crippen LogP contribution >= 0.6 is 0 Å². The molecule has 112 valence electrons. The number of fused-ring (bicyclic) bond motifs is 1. The van der Waals surface area contributed by atoms with E-state index in [4.69, 9.17) is 4.74 Å². The lowest BCUT2D eigenvalue weighted by Gasteiger charge is -2.05. The fourth-order valence-electron chi connectivity index (χ4n) is 2.53. The Kier molecular flexibility index (Phi) is 3.20. The van der Waals surface area contributed by atoms with Gasteiger partial charge in [0.05, 0.1) is 30.1 Å². The van der Waals surface area contributed by atoms with E-state index in [1.165, 1.54) is 0 Å². The number of hydrogen-bond acceptors (Lipinski definition) is 5. The number of ether oxygens (including phenoxy) is 1. The van der Waals surface area contributed by atoms with E-state index in [2.05, 4.69) is 20.3 Å². The number of methoxy groups -OCH3 is 1. The third-order valence-electron chi connectivity index (χ3n) is 3.63. The van der Waals surface area contributed by atoms with Crippen molar-refractivity contribution in [3.63, 3.8) is 0 Å². The zero-order chi connectivity index (χ0) is 15.6. The molecule has 0 atom stereocenters. The van der Waals surface area contributed by atoms with Gasteiger partial charge in [0.1, 0.15) is 11.4 Å². The summed E-state index contributed by atoms with van der Waals surface area (Å²) in [5.41, 5.74) is 3.26. The molecule has 3 aromatic heterocycles. The van der Waals surface area contributed by atoms with Crippen LogP contribution in [0.3, 0.4) is 0 Å². The van der Waals surface area contributed by atoms with Crippen LogP contribution in [0, 0.1) is 0 Å². The van der Waals surface area contributed by atoms with Crippen LogP contribution in [0.5, 0.6) is 5.75 Å². The van der Waals surface area contributed by atoms with Gasteiger partial charge in [-0.3, -0.25) is 9.97 Å². The van der Waals surface area contributed by atoms with Crippen LogP contribution in [0.1, 0.15) is 0 Å². The van der Waals surface area contributed by atoms with Gasteiger partial charge in [0, 0.05) is 24.0 Å². The van der Waals surface area contributed by atoms with Crippen molar-refractivity contribution in [3.8, 4) is 22.7 Å². The van der Waals surface area contributed by atoms with E-state index in [0.717, 1.165) is 22.2 Å². The van der Waals surface area contributed by atoms with Crippen LogP contribution in [-0.4, -0.2) is 32.1 Å².